The van der Waals surface area contributed by atoms with E-state index < -0.39 is 16.1 Å². The van der Waals surface area contributed by atoms with Gasteiger partial charge in [0.1, 0.15) is 0 Å². The topological polar surface area (TPSA) is 113 Å². The molecule has 0 atom stereocenters. The number of nitrogens with two attached hydrogens (primary N) is 1. The zero-order valence-electron chi connectivity index (χ0n) is 15.1. The van der Waals surface area contributed by atoms with Gasteiger partial charge in [-0.1, -0.05) is 0 Å². The molecule has 1 aliphatic rings. The van der Waals surface area contributed by atoms with Gasteiger partial charge in [-0.3, -0.25) is 4.79 Å². The number of nitrogen functional groups attached to an aromatic ring is 1. The van der Waals surface area contributed by atoms with Crippen molar-refractivity contribution < 1.29 is 22.7 Å². The van der Waals surface area contributed by atoms with Gasteiger partial charge in [0.15, 0.2) is 0 Å². The van der Waals surface area contributed by atoms with E-state index in [1.807, 2.05) is 0 Å². The minimum Gasteiger partial charge on any atom is -0.450 e. The van der Waals surface area contributed by atoms with Gasteiger partial charge < -0.3 is 20.3 Å². The van der Waals surface area contributed by atoms with Crippen molar-refractivity contribution in [3.63, 3.8) is 0 Å². The van der Waals surface area contributed by atoms with Gasteiger partial charge in [0.05, 0.1) is 17.1 Å². The Morgan fingerprint density at radius 1 is 1.15 bits per heavy atom. The number of sulfonamides is 1. The summed E-state index contributed by atoms with van der Waals surface area (Å²) in [5, 5.41) is 0. The van der Waals surface area contributed by atoms with E-state index in [0.717, 1.165) is 4.31 Å². The number of hydrogen-bond acceptors (Lipinski definition) is 6. The summed E-state index contributed by atoms with van der Waals surface area (Å²) in [5.74, 6) is -0.359. The Kier molecular flexibility index (Phi) is 6.09. The van der Waals surface area contributed by atoms with Crippen LogP contribution in [0.25, 0.3) is 0 Å². The molecular weight excluding hydrogens is 360 g/mol. The van der Waals surface area contributed by atoms with Crippen LogP contribution in [0.2, 0.25) is 0 Å². The molecule has 10 heteroatoms. The lowest BCUT2D eigenvalue weighted by Gasteiger charge is -2.34. The third-order valence-electron chi connectivity index (χ3n) is 4.13. The standard InChI is InChI=1S/C16H24N4O5S/c1-4-25-16(22)20-9-7-19(8-10-20)15(21)13-11-12(5-6-14(13)17)26(23,24)18(2)3/h5-6,11H,4,7-10,17H2,1-3H3. The predicted octanol–water partition coefficient (Wildman–Crippen LogP) is 0.433. The van der Waals surface area contributed by atoms with Crippen LogP contribution in [0, 0.1) is 0 Å². The van der Waals surface area contributed by atoms with Crippen LogP contribution in [0.1, 0.15) is 17.3 Å². The molecule has 1 aliphatic heterocycles. The third kappa shape index (κ3) is 4.07. The average Bonchev–Trinajstić information content (AvgIpc) is 2.61. The normalized spacial score (nSPS) is 15.2. The number of carbonyl (C=O) groups is 2. The lowest BCUT2D eigenvalue weighted by atomic mass is 10.1. The number of anilines is 1. The van der Waals surface area contributed by atoms with Crippen LogP contribution in [-0.2, 0) is 14.8 Å². The van der Waals surface area contributed by atoms with Crippen molar-refractivity contribution in [1.82, 2.24) is 14.1 Å². The van der Waals surface area contributed by atoms with Crippen LogP contribution in [0.3, 0.4) is 0 Å². The number of ether oxygens (including phenoxy) is 1. The maximum absolute atomic E-state index is 12.8. The van der Waals surface area contributed by atoms with Crippen LogP contribution in [-0.4, -0.2) is 81.4 Å². The van der Waals surface area contributed by atoms with E-state index in [2.05, 4.69) is 0 Å². The highest BCUT2D eigenvalue weighted by atomic mass is 32.2. The summed E-state index contributed by atoms with van der Waals surface area (Å²) in [6.07, 6.45) is -0.404. The summed E-state index contributed by atoms with van der Waals surface area (Å²) in [4.78, 5) is 27.6. The first kappa shape index (κ1) is 20.0. The fraction of sp³-hybridized carbons (Fsp3) is 0.500. The molecule has 0 aliphatic carbocycles. The van der Waals surface area contributed by atoms with Crippen LogP contribution in [0.5, 0.6) is 0 Å². The molecule has 2 amide bonds. The van der Waals surface area contributed by atoms with Crippen molar-refractivity contribution in [2.75, 3.05) is 52.6 Å². The van der Waals surface area contributed by atoms with Gasteiger partial charge in [0, 0.05) is 46.0 Å². The largest absolute Gasteiger partial charge is 0.450 e. The summed E-state index contributed by atoms with van der Waals surface area (Å²) in [5.41, 5.74) is 6.24. The van der Waals surface area contributed by atoms with E-state index >= 15 is 0 Å². The van der Waals surface area contributed by atoms with Gasteiger partial charge in [0.2, 0.25) is 10.0 Å². The monoisotopic (exact) mass is 384 g/mol. The van der Waals surface area contributed by atoms with Crippen molar-refractivity contribution in [2.24, 2.45) is 0 Å². The summed E-state index contributed by atoms with van der Waals surface area (Å²) < 4.78 is 30.6. The van der Waals surface area contributed by atoms with Crippen LogP contribution in [0.4, 0.5) is 10.5 Å². The number of benzene rings is 1. The van der Waals surface area contributed by atoms with E-state index in [-0.39, 0.29) is 22.1 Å². The second kappa shape index (κ2) is 7.92. The van der Waals surface area contributed by atoms with Gasteiger partial charge in [-0.05, 0) is 25.1 Å². The number of hydrogen-bond donors (Lipinski definition) is 1. The first-order valence-electron chi connectivity index (χ1n) is 8.21. The van der Waals surface area contributed by atoms with E-state index in [0.29, 0.717) is 32.8 Å². The van der Waals surface area contributed by atoms with Crippen molar-refractivity contribution in [3.05, 3.63) is 23.8 Å². The Labute approximate surface area is 153 Å². The molecule has 1 aromatic carbocycles. The minimum absolute atomic E-state index is 0.00482. The molecule has 0 bridgehead atoms. The molecule has 0 saturated carbocycles. The Balaban J connectivity index is 2.17. The second-order valence-electron chi connectivity index (χ2n) is 6.01. The van der Waals surface area contributed by atoms with E-state index in [1.54, 1.807) is 11.8 Å². The smallest absolute Gasteiger partial charge is 0.409 e. The van der Waals surface area contributed by atoms with Gasteiger partial charge in [-0.15, -0.1) is 0 Å². The average molecular weight is 384 g/mol. The maximum Gasteiger partial charge on any atom is 0.409 e. The van der Waals surface area contributed by atoms with E-state index in [4.69, 9.17) is 10.5 Å². The highest BCUT2D eigenvalue weighted by Crippen LogP contribution is 2.22. The number of rotatable bonds is 4. The van der Waals surface area contributed by atoms with E-state index in [1.165, 1.54) is 37.2 Å². The predicted molar refractivity (Wildman–Crippen MR) is 96.2 cm³/mol. The summed E-state index contributed by atoms with van der Waals surface area (Å²) in [7, 11) is -0.832. The van der Waals surface area contributed by atoms with Crippen molar-refractivity contribution in [1.29, 1.82) is 0 Å². The number of amides is 2. The Morgan fingerprint density at radius 3 is 2.27 bits per heavy atom. The Hall–Kier alpha value is -2.33. The Morgan fingerprint density at radius 2 is 1.73 bits per heavy atom. The highest BCUT2D eigenvalue weighted by molar-refractivity contribution is 7.89. The summed E-state index contributed by atoms with van der Waals surface area (Å²) in [6, 6.07) is 4.09. The van der Waals surface area contributed by atoms with Crippen molar-refractivity contribution in [2.45, 2.75) is 11.8 Å². The fourth-order valence-corrected chi connectivity index (χ4v) is 3.50. The van der Waals surface area contributed by atoms with Gasteiger partial charge in [-0.2, -0.15) is 0 Å². The second-order valence-corrected chi connectivity index (χ2v) is 8.17. The zero-order valence-corrected chi connectivity index (χ0v) is 16.0. The van der Waals surface area contributed by atoms with Crippen molar-refractivity contribution in [3.8, 4) is 0 Å². The lowest BCUT2D eigenvalue weighted by molar-refractivity contribution is 0.0571. The SMILES string of the molecule is CCOC(=O)N1CCN(C(=O)c2cc(S(=O)(=O)N(C)C)ccc2N)CC1. The highest BCUT2D eigenvalue weighted by Gasteiger charge is 2.27. The first-order valence-corrected chi connectivity index (χ1v) is 9.65. The molecule has 0 radical (unpaired) electrons. The molecule has 0 unspecified atom stereocenters. The first-order chi connectivity index (χ1) is 12.2. The van der Waals surface area contributed by atoms with Gasteiger partial charge >= 0.3 is 6.09 Å². The molecule has 0 spiro atoms. The maximum atomic E-state index is 12.8. The zero-order chi connectivity index (χ0) is 19.5. The van der Waals surface area contributed by atoms with Crippen LogP contribution in [0.15, 0.2) is 23.1 Å². The van der Waals surface area contributed by atoms with Gasteiger partial charge in [-0.25, -0.2) is 17.5 Å². The summed E-state index contributed by atoms with van der Waals surface area (Å²) in [6.45, 7) is 3.36. The molecule has 9 nitrogen and oxygen atoms in total. The fourth-order valence-electron chi connectivity index (χ4n) is 2.57. The summed E-state index contributed by atoms with van der Waals surface area (Å²) >= 11 is 0. The molecule has 144 valence electrons. The Bertz CT molecular complexity index is 786. The molecule has 2 N–H and O–H groups in total. The molecule has 1 heterocycles. The quantitative estimate of drug-likeness (QED) is 0.754. The molecule has 26 heavy (non-hydrogen) atoms. The molecule has 1 saturated heterocycles. The molecular formula is C16H24N4O5S. The number of carbonyl (C=O) groups excluding carboxylic acids is 2. The number of piperazine rings is 1. The van der Waals surface area contributed by atoms with Gasteiger partial charge in [0.25, 0.3) is 5.91 Å². The number of nitrogens with zero attached hydrogens (tertiary/aromatic N) is 3. The van der Waals surface area contributed by atoms with Crippen LogP contribution >= 0.6 is 0 Å². The molecule has 1 fully saturated rings. The van der Waals surface area contributed by atoms with Crippen LogP contribution < -0.4 is 5.73 Å². The molecule has 1 aromatic rings. The molecule has 0 aromatic heterocycles. The minimum atomic E-state index is -3.67. The van der Waals surface area contributed by atoms with Crippen molar-refractivity contribution >= 4 is 27.7 Å². The lowest BCUT2D eigenvalue weighted by Crippen LogP contribution is -2.50. The molecule has 2 rings (SSSR count). The van der Waals surface area contributed by atoms with E-state index in [9.17, 15) is 18.0 Å². The third-order valence-corrected chi connectivity index (χ3v) is 5.94.